The molecule has 4 nitrogen and oxygen atoms in total. The Labute approximate surface area is 73.1 Å². The summed E-state index contributed by atoms with van der Waals surface area (Å²) in [7, 11) is 1.66. The van der Waals surface area contributed by atoms with Crippen molar-refractivity contribution < 1.29 is 4.79 Å². The van der Waals surface area contributed by atoms with Crippen LogP contribution in [-0.2, 0) is 4.79 Å². The monoisotopic (exact) mass is 171 g/mol. The minimum atomic E-state index is -0.0251. The minimum absolute atomic E-state index is 0.0251. The van der Waals surface area contributed by atoms with Gasteiger partial charge in [0, 0.05) is 38.6 Å². The van der Waals surface area contributed by atoms with Crippen molar-refractivity contribution in [2.45, 2.75) is 18.9 Å². The summed E-state index contributed by atoms with van der Waals surface area (Å²) < 4.78 is 0. The molecule has 0 bridgehead atoms. The molecular weight excluding hydrogens is 154 g/mol. The molecule has 0 aliphatic carbocycles. The lowest BCUT2D eigenvalue weighted by Crippen LogP contribution is -2.65. The SMILES string of the molecule is CNC(=O)CCN1CC(C)(N)C1. The van der Waals surface area contributed by atoms with Crippen LogP contribution >= 0.6 is 0 Å². The van der Waals surface area contributed by atoms with E-state index in [0.717, 1.165) is 19.6 Å². The molecule has 0 spiro atoms. The molecule has 0 aromatic heterocycles. The van der Waals surface area contributed by atoms with Gasteiger partial charge in [-0.2, -0.15) is 0 Å². The smallest absolute Gasteiger partial charge is 0.221 e. The molecule has 1 aliphatic heterocycles. The van der Waals surface area contributed by atoms with Crippen molar-refractivity contribution in [3.8, 4) is 0 Å². The molecule has 0 aromatic rings. The van der Waals surface area contributed by atoms with Gasteiger partial charge in [0.2, 0.25) is 5.91 Å². The normalized spacial score (nSPS) is 21.6. The summed E-state index contributed by atoms with van der Waals surface area (Å²) in [5.74, 6) is 0.0978. The van der Waals surface area contributed by atoms with Crippen molar-refractivity contribution in [2.24, 2.45) is 5.73 Å². The third kappa shape index (κ3) is 2.46. The second kappa shape index (κ2) is 3.41. The number of nitrogens with one attached hydrogen (secondary N) is 1. The van der Waals surface area contributed by atoms with Crippen LogP contribution in [-0.4, -0.2) is 43.0 Å². The number of hydrogen-bond acceptors (Lipinski definition) is 3. The second-order valence-electron chi connectivity index (χ2n) is 3.79. The lowest BCUT2D eigenvalue weighted by atomic mass is 9.94. The third-order valence-electron chi connectivity index (χ3n) is 2.10. The second-order valence-corrected chi connectivity index (χ2v) is 3.79. The standard InChI is InChI=1S/C8H17N3O/c1-8(9)5-11(6-8)4-3-7(12)10-2/h3-6,9H2,1-2H3,(H,10,12). The number of nitrogens with two attached hydrogens (primary N) is 1. The Morgan fingerprint density at radius 1 is 1.67 bits per heavy atom. The van der Waals surface area contributed by atoms with Crippen LogP contribution in [0.25, 0.3) is 0 Å². The maximum Gasteiger partial charge on any atom is 0.221 e. The van der Waals surface area contributed by atoms with Gasteiger partial charge in [-0.3, -0.25) is 9.69 Å². The summed E-state index contributed by atoms with van der Waals surface area (Å²) in [6.45, 7) is 4.67. The van der Waals surface area contributed by atoms with E-state index in [1.807, 2.05) is 6.92 Å². The topological polar surface area (TPSA) is 58.4 Å². The highest BCUT2D eigenvalue weighted by Gasteiger charge is 2.34. The Balaban J connectivity index is 2.08. The zero-order valence-electron chi connectivity index (χ0n) is 7.76. The predicted octanol–water partition coefficient (Wildman–Crippen LogP) is -0.844. The molecule has 0 aromatic carbocycles. The molecule has 1 heterocycles. The first kappa shape index (κ1) is 9.48. The molecule has 1 rings (SSSR count). The number of amides is 1. The number of carbonyl (C=O) groups is 1. The van der Waals surface area contributed by atoms with Crippen molar-refractivity contribution in [3.63, 3.8) is 0 Å². The van der Waals surface area contributed by atoms with Crippen molar-refractivity contribution >= 4 is 5.91 Å². The molecular formula is C8H17N3O. The first-order valence-electron chi connectivity index (χ1n) is 4.25. The zero-order chi connectivity index (χ0) is 9.19. The maximum absolute atomic E-state index is 10.8. The summed E-state index contributed by atoms with van der Waals surface area (Å²) in [6, 6.07) is 0. The third-order valence-corrected chi connectivity index (χ3v) is 2.10. The molecule has 12 heavy (non-hydrogen) atoms. The van der Waals surface area contributed by atoms with Crippen LogP contribution in [0.4, 0.5) is 0 Å². The fourth-order valence-electron chi connectivity index (χ4n) is 1.52. The number of carbonyl (C=O) groups excluding carboxylic acids is 1. The van der Waals surface area contributed by atoms with Gasteiger partial charge in [0.1, 0.15) is 0 Å². The van der Waals surface area contributed by atoms with Gasteiger partial charge in [-0.15, -0.1) is 0 Å². The summed E-state index contributed by atoms with van der Waals surface area (Å²) >= 11 is 0. The zero-order valence-corrected chi connectivity index (χ0v) is 7.76. The minimum Gasteiger partial charge on any atom is -0.359 e. The van der Waals surface area contributed by atoms with Crippen LogP contribution < -0.4 is 11.1 Å². The number of hydrogen-bond donors (Lipinski definition) is 2. The lowest BCUT2D eigenvalue weighted by molar-refractivity contribution is -0.121. The Morgan fingerprint density at radius 3 is 2.67 bits per heavy atom. The average Bonchev–Trinajstić information content (AvgIpc) is 1.96. The van der Waals surface area contributed by atoms with E-state index in [2.05, 4.69) is 10.2 Å². The predicted molar refractivity (Wildman–Crippen MR) is 47.7 cm³/mol. The molecule has 0 unspecified atom stereocenters. The Morgan fingerprint density at radius 2 is 2.25 bits per heavy atom. The van der Waals surface area contributed by atoms with E-state index in [1.54, 1.807) is 7.05 Å². The van der Waals surface area contributed by atoms with Crippen LogP contribution in [0.1, 0.15) is 13.3 Å². The molecule has 0 radical (unpaired) electrons. The average molecular weight is 171 g/mol. The Kier molecular flexibility index (Phi) is 2.69. The number of nitrogens with zero attached hydrogens (tertiary/aromatic N) is 1. The van der Waals surface area contributed by atoms with E-state index in [-0.39, 0.29) is 11.4 Å². The fraction of sp³-hybridized carbons (Fsp3) is 0.875. The maximum atomic E-state index is 10.8. The molecule has 0 saturated carbocycles. The first-order chi connectivity index (χ1) is 5.53. The van der Waals surface area contributed by atoms with Gasteiger partial charge in [0.25, 0.3) is 0 Å². The van der Waals surface area contributed by atoms with E-state index in [4.69, 9.17) is 5.73 Å². The van der Waals surface area contributed by atoms with Crippen molar-refractivity contribution in [1.82, 2.24) is 10.2 Å². The molecule has 1 amide bonds. The van der Waals surface area contributed by atoms with Crippen LogP contribution in [0.2, 0.25) is 0 Å². The first-order valence-corrected chi connectivity index (χ1v) is 4.25. The van der Waals surface area contributed by atoms with Gasteiger partial charge in [-0.25, -0.2) is 0 Å². The Hall–Kier alpha value is -0.610. The van der Waals surface area contributed by atoms with Crippen LogP contribution in [0, 0.1) is 0 Å². The lowest BCUT2D eigenvalue weighted by Gasteiger charge is -2.45. The fourth-order valence-corrected chi connectivity index (χ4v) is 1.52. The number of likely N-dealkylation sites (tertiary alicyclic amines) is 1. The van der Waals surface area contributed by atoms with E-state index in [0.29, 0.717) is 6.42 Å². The molecule has 0 atom stereocenters. The highest BCUT2D eigenvalue weighted by atomic mass is 16.1. The molecule has 4 heteroatoms. The summed E-state index contributed by atoms with van der Waals surface area (Å²) in [5.41, 5.74) is 5.78. The van der Waals surface area contributed by atoms with Crippen molar-refractivity contribution in [1.29, 1.82) is 0 Å². The van der Waals surface area contributed by atoms with Crippen molar-refractivity contribution in [2.75, 3.05) is 26.7 Å². The highest BCUT2D eigenvalue weighted by Crippen LogP contribution is 2.16. The molecule has 1 saturated heterocycles. The molecule has 1 fully saturated rings. The Bertz CT molecular complexity index is 171. The molecule has 1 aliphatic rings. The van der Waals surface area contributed by atoms with Gasteiger partial charge in [-0.1, -0.05) is 0 Å². The van der Waals surface area contributed by atoms with Gasteiger partial charge in [0.15, 0.2) is 0 Å². The number of rotatable bonds is 3. The molecule has 70 valence electrons. The van der Waals surface area contributed by atoms with E-state index in [1.165, 1.54) is 0 Å². The van der Waals surface area contributed by atoms with E-state index in [9.17, 15) is 4.79 Å². The van der Waals surface area contributed by atoms with Gasteiger partial charge in [0.05, 0.1) is 0 Å². The highest BCUT2D eigenvalue weighted by molar-refractivity contribution is 5.75. The summed E-state index contributed by atoms with van der Waals surface area (Å²) in [6.07, 6.45) is 0.576. The van der Waals surface area contributed by atoms with E-state index >= 15 is 0 Å². The van der Waals surface area contributed by atoms with Crippen LogP contribution in [0.15, 0.2) is 0 Å². The molecule has 3 N–H and O–H groups in total. The summed E-state index contributed by atoms with van der Waals surface area (Å²) in [5, 5.41) is 2.59. The largest absolute Gasteiger partial charge is 0.359 e. The van der Waals surface area contributed by atoms with Crippen LogP contribution in [0.5, 0.6) is 0 Å². The van der Waals surface area contributed by atoms with Gasteiger partial charge < -0.3 is 11.1 Å². The van der Waals surface area contributed by atoms with Crippen molar-refractivity contribution in [3.05, 3.63) is 0 Å². The van der Waals surface area contributed by atoms with E-state index < -0.39 is 0 Å². The summed E-state index contributed by atoms with van der Waals surface area (Å²) in [4.78, 5) is 13.0. The quantitative estimate of drug-likeness (QED) is 0.582. The van der Waals surface area contributed by atoms with Gasteiger partial charge >= 0.3 is 0 Å². The van der Waals surface area contributed by atoms with Crippen LogP contribution in [0.3, 0.4) is 0 Å². The van der Waals surface area contributed by atoms with Gasteiger partial charge in [-0.05, 0) is 6.92 Å².